The SMILES string of the molecule is CCO[C@@H]1C[C@@H](C(=O)O)N(C(=O)c2ncsc2Br)C1. The molecule has 1 aromatic rings. The predicted octanol–water partition coefficient (Wildman–Crippen LogP) is 1.61. The molecule has 1 aliphatic rings. The van der Waals surface area contributed by atoms with E-state index < -0.39 is 12.0 Å². The Kier molecular flexibility index (Phi) is 4.54. The van der Waals surface area contributed by atoms with Gasteiger partial charge in [-0.05, 0) is 22.9 Å². The molecular weight excluding hydrogens is 336 g/mol. The lowest BCUT2D eigenvalue weighted by atomic mass is 10.2. The van der Waals surface area contributed by atoms with Crippen molar-refractivity contribution in [3.05, 3.63) is 15.0 Å². The van der Waals surface area contributed by atoms with E-state index >= 15 is 0 Å². The molecule has 6 nitrogen and oxygen atoms in total. The van der Waals surface area contributed by atoms with E-state index in [1.807, 2.05) is 6.92 Å². The second-order valence-corrected chi connectivity index (χ2v) is 6.27. The average molecular weight is 349 g/mol. The number of hydrogen-bond donors (Lipinski definition) is 1. The Morgan fingerprint density at radius 1 is 1.68 bits per heavy atom. The molecule has 0 bridgehead atoms. The number of thiazole rings is 1. The molecule has 0 spiro atoms. The van der Waals surface area contributed by atoms with E-state index in [1.54, 1.807) is 5.51 Å². The summed E-state index contributed by atoms with van der Waals surface area (Å²) in [4.78, 5) is 28.9. The summed E-state index contributed by atoms with van der Waals surface area (Å²) < 4.78 is 6.04. The van der Waals surface area contributed by atoms with Crippen molar-refractivity contribution in [2.24, 2.45) is 0 Å². The number of hydrogen-bond acceptors (Lipinski definition) is 5. The van der Waals surface area contributed by atoms with E-state index in [2.05, 4.69) is 20.9 Å². The molecule has 1 aliphatic heterocycles. The summed E-state index contributed by atoms with van der Waals surface area (Å²) >= 11 is 4.54. The maximum absolute atomic E-state index is 12.3. The highest BCUT2D eigenvalue weighted by Crippen LogP contribution is 2.27. The quantitative estimate of drug-likeness (QED) is 0.893. The van der Waals surface area contributed by atoms with Crippen LogP contribution < -0.4 is 0 Å². The summed E-state index contributed by atoms with van der Waals surface area (Å²) in [5, 5.41) is 9.21. The first kappa shape index (κ1) is 14.4. The fourth-order valence-corrected chi connectivity index (χ4v) is 3.14. The van der Waals surface area contributed by atoms with Crippen LogP contribution in [0.5, 0.6) is 0 Å². The molecular formula is C11H13BrN2O4S. The molecule has 1 aromatic heterocycles. The number of rotatable bonds is 4. The fourth-order valence-electron chi connectivity index (χ4n) is 2.12. The number of halogens is 1. The second-order valence-electron chi connectivity index (χ2n) is 4.10. The fraction of sp³-hybridized carbons (Fsp3) is 0.545. The first-order valence-electron chi connectivity index (χ1n) is 5.79. The monoisotopic (exact) mass is 348 g/mol. The van der Waals surface area contributed by atoms with Crippen LogP contribution in [-0.2, 0) is 9.53 Å². The van der Waals surface area contributed by atoms with E-state index in [9.17, 15) is 14.7 Å². The van der Waals surface area contributed by atoms with Crippen molar-refractivity contribution in [2.75, 3.05) is 13.2 Å². The molecule has 19 heavy (non-hydrogen) atoms. The number of aliphatic carboxylic acids is 1. The minimum Gasteiger partial charge on any atom is -0.480 e. The van der Waals surface area contributed by atoms with Crippen molar-refractivity contribution < 1.29 is 19.4 Å². The number of carbonyl (C=O) groups is 2. The molecule has 0 aliphatic carbocycles. The molecule has 0 aromatic carbocycles. The third kappa shape index (κ3) is 2.96. The Balaban J connectivity index is 2.19. The van der Waals surface area contributed by atoms with E-state index in [0.717, 1.165) is 0 Å². The van der Waals surface area contributed by atoms with E-state index in [-0.39, 0.29) is 24.2 Å². The number of amides is 1. The number of nitrogens with zero attached hydrogens (tertiary/aromatic N) is 2. The molecule has 1 saturated heterocycles. The zero-order chi connectivity index (χ0) is 14.0. The Morgan fingerprint density at radius 3 is 2.95 bits per heavy atom. The number of ether oxygens (including phenoxy) is 1. The third-order valence-electron chi connectivity index (χ3n) is 2.94. The van der Waals surface area contributed by atoms with Crippen LogP contribution in [0, 0.1) is 0 Å². The lowest BCUT2D eigenvalue weighted by Crippen LogP contribution is -2.40. The topological polar surface area (TPSA) is 79.7 Å². The van der Waals surface area contributed by atoms with Gasteiger partial charge in [-0.3, -0.25) is 4.79 Å². The van der Waals surface area contributed by atoms with Gasteiger partial charge in [0.2, 0.25) is 0 Å². The van der Waals surface area contributed by atoms with E-state index in [0.29, 0.717) is 16.8 Å². The number of carbonyl (C=O) groups excluding carboxylic acids is 1. The van der Waals surface area contributed by atoms with Crippen LogP contribution in [0.15, 0.2) is 9.30 Å². The van der Waals surface area contributed by atoms with Gasteiger partial charge in [0.15, 0.2) is 5.69 Å². The van der Waals surface area contributed by atoms with Gasteiger partial charge in [-0.15, -0.1) is 11.3 Å². The Hall–Kier alpha value is -0.990. The Bertz CT molecular complexity index is 493. The lowest BCUT2D eigenvalue weighted by Gasteiger charge is -2.20. The Labute approximate surface area is 122 Å². The largest absolute Gasteiger partial charge is 0.480 e. The molecule has 1 fully saturated rings. The van der Waals surface area contributed by atoms with Crippen molar-refractivity contribution in [1.82, 2.24) is 9.88 Å². The average Bonchev–Trinajstić information content (AvgIpc) is 2.95. The lowest BCUT2D eigenvalue weighted by molar-refractivity contribution is -0.141. The summed E-state index contributed by atoms with van der Waals surface area (Å²) in [6.07, 6.45) is 0.0869. The summed E-state index contributed by atoms with van der Waals surface area (Å²) in [5.41, 5.74) is 1.80. The minimum atomic E-state index is -1.01. The molecule has 2 atom stereocenters. The molecule has 2 heterocycles. The van der Waals surface area contributed by atoms with Gasteiger partial charge in [-0.25, -0.2) is 9.78 Å². The summed E-state index contributed by atoms with van der Waals surface area (Å²) in [6, 6.07) is -0.849. The van der Waals surface area contributed by atoms with Gasteiger partial charge in [0.25, 0.3) is 5.91 Å². The van der Waals surface area contributed by atoms with Gasteiger partial charge in [0.1, 0.15) is 9.83 Å². The highest BCUT2D eigenvalue weighted by atomic mass is 79.9. The van der Waals surface area contributed by atoms with Crippen LogP contribution in [0.4, 0.5) is 0 Å². The van der Waals surface area contributed by atoms with Crippen molar-refractivity contribution in [3.8, 4) is 0 Å². The van der Waals surface area contributed by atoms with Gasteiger partial charge in [-0.2, -0.15) is 0 Å². The van der Waals surface area contributed by atoms with Crippen molar-refractivity contribution >= 4 is 39.1 Å². The summed E-state index contributed by atoms with van der Waals surface area (Å²) in [7, 11) is 0. The smallest absolute Gasteiger partial charge is 0.326 e. The first-order chi connectivity index (χ1) is 9.04. The molecule has 0 radical (unpaired) electrons. The highest BCUT2D eigenvalue weighted by molar-refractivity contribution is 9.11. The Morgan fingerprint density at radius 2 is 2.42 bits per heavy atom. The maximum atomic E-state index is 12.3. The second kappa shape index (κ2) is 5.98. The van der Waals surface area contributed by atoms with Crippen LogP contribution in [0.3, 0.4) is 0 Å². The molecule has 104 valence electrons. The van der Waals surface area contributed by atoms with Crippen molar-refractivity contribution in [2.45, 2.75) is 25.5 Å². The zero-order valence-corrected chi connectivity index (χ0v) is 12.6. The third-order valence-corrected chi connectivity index (χ3v) is 4.49. The van der Waals surface area contributed by atoms with Gasteiger partial charge in [-0.1, -0.05) is 0 Å². The van der Waals surface area contributed by atoms with E-state index in [1.165, 1.54) is 16.2 Å². The van der Waals surface area contributed by atoms with Crippen LogP contribution in [0.2, 0.25) is 0 Å². The van der Waals surface area contributed by atoms with Gasteiger partial charge >= 0.3 is 5.97 Å². The predicted molar refractivity (Wildman–Crippen MR) is 72.3 cm³/mol. The molecule has 0 saturated carbocycles. The number of carboxylic acid groups (broad SMARTS) is 1. The molecule has 1 N–H and O–H groups in total. The first-order valence-corrected chi connectivity index (χ1v) is 7.46. The highest BCUT2D eigenvalue weighted by Gasteiger charge is 2.41. The molecule has 0 unspecified atom stereocenters. The summed E-state index contributed by atoms with van der Waals surface area (Å²) in [5.74, 6) is -1.38. The van der Waals surface area contributed by atoms with Gasteiger partial charge < -0.3 is 14.7 Å². The number of aromatic nitrogens is 1. The maximum Gasteiger partial charge on any atom is 0.326 e. The van der Waals surface area contributed by atoms with Crippen LogP contribution >= 0.6 is 27.3 Å². The molecule has 1 amide bonds. The van der Waals surface area contributed by atoms with Crippen molar-refractivity contribution in [3.63, 3.8) is 0 Å². The van der Waals surface area contributed by atoms with Crippen molar-refractivity contribution in [1.29, 1.82) is 0 Å². The van der Waals surface area contributed by atoms with Gasteiger partial charge in [0, 0.05) is 19.6 Å². The zero-order valence-electron chi connectivity index (χ0n) is 10.2. The molecule has 8 heteroatoms. The number of likely N-dealkylation sites (tertiary alicyclic amines) is 1. The standard InChI is InChI=1S/C11H13BrN2O4S/c1-2-18-6-3-7(11(16)17)14(4-6)10(15)8-9(12)19-5-13-8/h5-7H,2-4H2,1H3,(H,16,17)/t6-,7+/m1/s1. The van der Waals surface area contributed by atoms with Crippen LogP contribution in [0.1, 0.15) is 23.8 Å². The van der Waals surface area contributed by atoms with Crippen LogP contribution in [0.25, 0.3) is 0 Å². The van der Waals surface area contributed by atoms with Gasteiger partial charge in [0.05, 0.1) is 11.6 Å². The number of carboxylic acids is 1. The molecule has 2 rings (SSSR count). The van der Waals surface area contributed by atoms with Crippen LogP contribution in [-0.4, -0.2) is 52.2 Å². The normalized spacial score (nSPS) is 22.7. The van der Waals surface area contributed by atoms with E-state index in [4.69, 9.17) is 4.74 Å². The summed E-state index contributed by atoms with van der Waals surface area (Å²) in [6.45, 7) is 2.63. The minimum absolute atomic E-state index is 0.229.